The Morgan fingerprint density at radius 3 is 2.82 bits per heavy atom. The molecular weight excluding hydrogens is 364 g/mol. The first kappa shape index (κ1) is 18.6. The number of ether oxygens (including phenoxy) is 2. The maximum Gasteiger partial charge on any atom is 0.407 e. The Balaban J connectivity index is 1.44. The highest BCUT2D eigenvalue weighted by atomic mass is 16.5. The summed E-state index contributed by atoms with van der Waals surface area (Å²) in [6, 6.07) is 5.40. The molecular formula is C20H24N2O6. The summed E-state index contributed by atoms with van der Waals surface area (Å²) < 4.78 is 17.3. The summed E-state index contributed by atoms with van der Waals surface area (Å²) in [6.45, 7) is 1.47. The second kappa shape index (κ2) is 8.08. The Hall–Kier alpha value is -2.77. The Labute approximate surface area is 162 Å². The van der Waals surface area contributed by atoms with Crippen LogP contribution in [0.3, 0.4) is 0 Å². The minimum absolute atomic E-state index is 0.132. The molecule has 1 N–H and O–H groups in total. The van der Waals surface area contributed by atoms with Gasteiger partial charge >= 0.3 is 6.09 Å². The lowest BCUT2D eigenvalue weighted by Crippen LogP contribution is -2.38. The van der Waals surface area contributed by atoms with Gasteiger partial charge in [0, 0.05) is 19.5 Å². The zero-order valence-electron chi connectivity index (χ0n) is 15.6. The van der Waals surface area contributed by atoms with E-state index < -0.39 is 12.2 Å². The van der Waals surface area contributed by atoms with Crippen LogP contribution in [0.5, 0.6) is 11.6 Å². The number of aromatic nitrogens is 1. The molecule has 150 valence electrons. The normalized spacial score (nSPS) is 21.1. The van der Waals surface area contributed by atoms with Gasteiger partial charge in [-0.1, -0.05) is 6.07 Å². The van der Waals surface area contributed by atoms with E-state index in [-0.39, 0.29) is 11.7 Å². The fourth-order valence-electron chi connectivity index (χ4n) is 3.85. The van der Waals surface area contributed by atoms with E-state index in [2.05, 4.69) is 5.16 Å². The molecule has 0 radical (unpaired) electrons. The van der Waals surface area contributed by atoms with Gasteiger partial charge in [0.2, 0.25) is 0 Å². The van der Waals surface area contributed by atoms with Gasteiger partial charge in [-0.2, -0.15) is 0 Å². The van der Waals surface area contributed by atoms with E-state index in [0.29, 0.717) is 48.7 Å². The number of amides is 1. The summed E-state index contributed by atoms with van der Waals surface area (Å²) in [6.07, 6.45) is 3.38. The molecule has 1 aliphatic carbocycles. The quantitative estimate of drug-likeness (QED) is 0.836. The highest BCUT2D eigenvalue weighted by Gasteiger charge is 2.27. The number of carbonyl (C=O) groups is 2. The smallest absolute Gasteiger partial charge is 0.407 e. The highest BCUT2D eigenvalue weighted by molar-refractivity contribution is 5.90. The molecule has 4 rings (SSSR count). The van der Waals surface area contributed by atoms with E-state index in [4.69, 9.17) is 19.1 Å². The lowest BCUT2D eigenvalue weighted by Gasteiger charge is -2.29. The van der Waals surface area contributed by atoms with Crippen LogP contribution in [0.25, 0.3) is 11.0 Å². The summed E-state index contributed by atoms with van der Waals surface area (Å²) in [5.74, 6) is 1.30. The topological polar surface area (TPSA) is 102 Å². The average Bonchev–Trinajstić information content (AvgIpc) is 3.12. The van der Waals surface area contributed by atoms with Gasteiger partial charge in [0.05, 0.1) is 6.61 Å². The first-order valence-electron chi connectivity index (χ1n) is 9.80. The van der Waals surface area contributed by atoms with Gasteiger partial charge in [-0.05, 0) is 55.3 Å². The fourth-order valence-corrected chi connectivity index (χ4v) is 3.85. The number of carboxylic acid groups (broad SMARTS) is 1. The third-order valence-corrected chi connectivity index (χ3v) is 5.54. The predicted molar refractivity (Wildman–Crippen MR) is 99.7 cm³/mol. The molecule has 2 aliphatic rings. The Kier molecular flexibility index (Phi) is 5.36. The van der Waals surface area contributed by atoms with Crippen LogP contribution in [0.2, 0.25) is 0 Å². The van der Waals surface area contributed by atoms with E-state index in [0.717, 1.165) is 32.1 Å². The third kappa shape index (κ3) is 3.90. The molecule has 0 spiro atoms. The minimum Gasteiger partial charge on any atom is -0.482 e. The van der Waals surface area contributed by atoms with Gasteiger partial charge < -0.3 is 24.0 Å². The van der Waals surface area contributed by atoms with Crippen molar-refractivity contribution in [2.45, 2.75) is 44.6 Å². The summed E-state index contributed by atoms with van der Waals surface area (Å²) in [5.41, 5.74) is 0.552. The molecule has 1 saturated heterocycles. The standard InChI is InChI=1S/C20H24N2O6/c23-14-4-1-2-5-15(14)27-16-6-3-7-17-18(16)19(21-28-17)26-12-13-8-10-22(11-9-13)20(24)25/h3,6-7,13,15H,1-2,4-5,8-12H2,(H,24,25). The largest absolute Gasteiger partial charge is 0.482 e. The van der Waals surface area contributed by atoms with Gasteiger partial charge in [0.15, 0.2) is 17.5 Å². The number of rotatable bonds is 5. The van der Waals surface area contributed by atoms with Crippen molar-refractivity contribution in [3.05, 3.63) is 18.2 Å². The van der Waals surface area contributed by atoms with Crippen LogP contribution < -0.4 is 9.47 Å². The molecule has 2 aromatic rings. The fraction of sp³-hybridized carbons (Fsp3) is 0.550. The van der Waals surface area contributed by atoms with E-state index in [1.165, 1.54) is 4.90 Å². The minimum atomic E-state index is -0.874. The van der Waals surface area contributed by atoms with E-state index >= 15 is 0 Å². The summed E-state index contributed by atoms with van der Waals surface area (Å²) >= 11 is 0. The number of ketones is 1. The van der Waals surface area contributed by atoms with Crippen LogP contribution in [-0.4, -0.2) is 52.8 Å². The van der Waals surface area contributed by atoms with Crippen LogP contribution in [0.15, 0.2) is 22.7 Å². The molecule has 1 atom stereocenters. The van der Waals surface area contributed by atoms with Crippen LogP contribution in [0.1, 0.15) is 38.5 Å². The number of piperidine rings is 1. The van der Waals surface area contributed by atoms with Crippen molar-refractivity contribution in [2.24, 2.45) is 5.92 Å². The second-order valence-electron chi connectivity index (χ2n) is 7.46. The molecule has 1 unspecified atom stereocenters. The molecule has 1 aliphatic heterocycles. The first-order chi connectivity index (χ1) is 13.6. The SMILES string of the molecule is O=C1CCCCC1Oc1cccc2onc(OCC3CCN(C(=O)O)CC3)c12. The highest BCUT2D eigenvalue weighted by Crippen LogP contribution is 2.35. The first-order valence-corrected chi connectivity index (χ1v) is 9.80. The second-order valence-corrected chi connectivity index (χ2v) is 7.46. The average molecular weight is 388 g/mol. The van der Waals surface area contributed by atoms with Gasteiger partial charge in [-0.3, -0.25) is 4.79 Å². The van der Waals surface area contributed by atoms with Gasteiger partial charge in [0.1, 0.15) is 11.1 Å². The lowest BCUT2D eigenvalue weighted by atomic mass is 9.96. The zero-order valence-corrected chi connectivity index (χ0v) is 15.6. The third-order valence-electron chi connectivity index (χ3n) is 5.54. The van der Waals surface area contributed by atoms with Crippen molar-refractivity contribution in [1.82, 2.24) is 10.1 Å². The van der Waals surface area contributed by atoms with E-state index in [9.17, 15) is 9.59 Å². The Morgan fingerprint density at radius 2 is 2.07 bits per heavy atom. The van der Waals surface area contributed by atoms with Crippen molar-refractivity contribution in [2.75, 3.05) is 19.7 Å². The molecule has 8 heteroatoms. The molecule has 1 aromatic carbocycles. The Morgan fingerprint density at radius 1 is 1.25 bits per heavy atom. The maximum atomic E-state index is 12.1. The number of hydrogen-bond acceptors (Lipinski definition) is 6. The maximum absolute atomic E-state index is 12.1. The number of likely N-dealkylation sites (tertiary alicyclic amines) is 1. The van der Waals surface area contributed by atoms with Crippen molar-refractivity contribution in [3.8, 4) is 11.6 Å². The summed E-state index contributed by atoms with van der Waals surface area (Å²) in [5, 5.41) is 13.7. The van der Waals surface area contributed by atoms with Crippen LogP contribution in [0.4, 0.5) is 4.79 Å². The van der Waals surface area contributed by atoms with Crippen molar-refractivity contribution in [3.63, 3.8) is 0 Å². The van der Waals surface area contributed by atoms with Crippen molar-refractivity contribution in [1.29, 1.82) is 0 Å². The number of nitrogens with zero attached hydrogens (tertiary/aromatic N) is 2. The molecule has 1 amide bonds. The van der Waals surface area contributed by atoms with E-state index in [1.54, 1.807) is 12.1 Å². The zero-order chi connectivity index (χ0) is 19.5. The molecule has 2 heterocycles. The van der Waals surface area contributed by atoms with Crippen LogP contribution in [0, 0.1) is 5.92 Å². The van der Waals surface area contributed by atoms with Crippen molar-refractivity contribution < 1.29 is 28.7 Å². The lowest BCUT2D eigenvalue weighted by molar-refractivity contribution is -0.127. The molecule has 8 nitrogen and oxygen atoms in total. The number of carbonyl (C=O) groups excluding carboxylic acids is 1. The molecule has 1 aromatic heterocycles. The number of benzene rings is 1. The number of hydrogen-bond donors (Lipinski definition) is 1. The molecule has 28 heavy (non-hydrogen) atoms. The molecule has 0 bridgehead atoms. The number of Topliss-reactive ketones (excluding diaryl/α,β-unsaturated/α-hetero) is 1. The molecule has 2 fully saturated rings. The Bertz CT molecular complexity index is 855. The van der Waals surface area contributed by atoms with Crippen LogP contribution in [-0.2, 0) is 4.79 Å². The van der Waals surface area contributed by atoms with Gasteiger partial charge in [-0.25, -0.2) is 4.79 Å². The van der Waals surface area contributed by atoms with Crippen LogP contribution >= 0.6 is 0 Å². The monoisotopic (exact) mass is 388 g/mol. The van der Waals surface area contributed by atoms with Gasteiger partial charge in [-0.15, -0.1) is 0 Å². The van der Waals surface area contributed by atoms with Crippen molar-refractivity contribution >= 4 is 22.8 Å². The summed E-state index contributed by atoms with van der Waals surface area (Å²) in [7, 11) is 0. The van der Waals surface area contributed by atoms with Gasteiger partial charge in [0.25, 0.3) is 5.88 Å². The number of fused-ring (bicyclic) bond motifs is 1. The predicted octanol–water partition coefficient (Wildman–Crippen LogP) is 3.49. The van der Waals surface area contributed by atoms with E-state index in [1.807, 2.05) is 6.07 Å². The molecule has 1 saturated carbocycles. The summed E-state index contributed by atoms with van der Waals surface area (Å²) in [4.78, 5) is 24.6.